The zero-order valence-corrected chi connectivity index (χ0v) is 18.7. The Kier molecular flexibility index (Phi) is 4.87. The van der Waals surface area contributed by atoms with Gasteiger partial charge in [0.15, 0.2) is 17.2 Å². The normalized spacial score (nSPS) is 46.2. The molecule has 0 spiro atoms. The van der Waals surface area contributed by atoms with Crippen molar-refractivity contribution in [3.8, 4) is 0 Å². The molecule has 0 aromatic carbocycles. The Morgan fingerprint density at radius 1 is 1.10 bits per heavy atom. The van der Waals surface area contributed by atoms with Gasteiger partial charge in [0.2, 0.25) is 0 Å². The number of carbonyl (C=O) groups excluding carboxylic acids is 3. The van der Waals surface area contributed by atoms with E-state index in [0.717, 1.165) is 38.5 Å². The van der Waals surface area contributed by atoms with Crippen LogP contribution in [0.25, 0.3) is 0 Å². The fraction of sp³-hybridized carbons (Fsp3) is 0.800. The molecule has 0 N–H and O–H groups in total. The first-order valence-electron chi connectivity index (χ1n) is 11.5. The molecule has 0 aromatic heterocycles. The lowest BCUT2D eigenvalue weighted by Gasteiger charge is -2.59. The van der Waals surface area contributed by atoms with Crippen LogP contribution >= 0.6 is 0 Å². The van der Waals surface area contributed by atoms with Crippen LogP contribution in [-0.4, -0.2) is 23.1 Å². The van der Waals surface area contributed by atoms with E-state index in [1.54, 1.807) is 6.92 Å². The molecule has 0 saturated heterocycles. The summed E-state index contributed by atoms with van der Waals surface area (Å²) in [4.78, 5) is 37.0. The maximum absolute atomic E-state index is 12.8. The highest BCUT2D eigenvalue weighted by molar-refractivity contribution is 5.91. The van der Waals surface area contributed by atoms with E-state index in [-0.39, 0.29) is 22.6 Å². The summed E-state index contributed by atoms with van der Waals surface area (Å²) < 4.78 is 5.87. The monoisotopic (exact) mass is 400 g/mol. The zero-order chi connectivity index (χ0) is 21.2. The number of hydrogen-bond acceptors (Lipinski definition) is 4. The van der Waals surface area contributed by atoms with E-state index in [2.05, 4.69) is 20.8 Å². The van der Waals surface area contributed by atoms with Gasteiger partial charge in [-0.15, -0.1) is 0 Å². The van der Waals surface area contributed by atoms with Crippen LogP contribution in [0.3, 0.4) is 0 Å². The van der Waals surface area contributed by atoms with Crippen molar-refractivity contribution in [1.82, 2.24) is 0 Å². The fourth-order valence-corrected chi connectivity index (χ4v) is 8.03. The molecule has 0 heterocycles. The molecule has 4 heteroatoms. The Morgan fingerprint density at radius 3 is 2.45 bits per heavy atom. The van der Waals surface area contributed by atoms with Crippen molar-refractivity contribution >= 4 is 17.5 Å². The van der Waals surface area contributed by atoms with Crippen molar-refractivity contribution in [1.29, 1.82) is 0 Å². The van der Waals surface area contributed by atoms with Crippen LogP contribution in [0, 0.1) is 34.5 Å². The molecule has 160 valence electrons. The standard InChI is InChI=1S/C25H36O4/c1-6-23(4)14-20-18(19-8-7-17(28)13-22(19)23)9-11-24(5)21(20)10-12-25(24,15(2)26)29-16(3)27/h13,18-21H,6-12,14H2,1-5H3/t18-,19-,20-,21+,23-,24+,25+/m1/s1. The van der Waals surface area contributed by atoms with Gasteiger partial charge in [0, 0.05) is 18.8 Å². The minimum atomic E-state index is -0.963. The summed E-state index contributed by atoms with van der Waals surface area (Å²) in [6, 6.07) is 0. The molecule has 0 aromatic rings. The molecule has 0 bridgehead atoms. The van der Waals surface area contributed by atoms with E-state index in [0.29, 0.717) is 42.3 Å². The minimum absolute atomic E-state index is 0.00839. The second-order valence-electron chi connectivity index (χ2n) is 10.7. The molecule has 29 heavy (non-hydrogen) atoms. The van der Waals surface area contributed by atoms with E-state index in [9.17, 15) is 14.4 Å². The smallest absolute Gasteiger partial charge is 0.303 e. The number of carbonyl (C=O) groups is 3. The Labute approximate surface area is 174 Å². The molecule has 4 rings (SSSR count). The van der Waals surface area contributed by atoms with Crippen molar-refractivity contribution in [2.75, 3.05) is 0 Å². The first kappa shape index (κ1) is 20.8. The Morgan fingerprint density at radius 2 is 1.83 bits per heavy atom. The van der Waals surface area contributed by atoms with Gasteiger partial charge in [0.05, 0.1) is 0 Å². The summed E-state index contributed by atoms with van der Waals surface area (Å²) in [6.45, 7) is 9.83. The highest BCUT2D eigenvalue weighted by Crippen LogP contribution is 2.68. The van der Waals surface area contributed by atoms with Gasteiger partial charge in [-0.1, -0.05) is 26.3 Å². The predicted octanol–water partition coefficient (Wildman–Crippen LogP) is 5.05. The fourth-order valence-electron chi connectivity index (χ4n) is 8.03. The topological polar surface area (TPSA) is 60.4 Å². The third-order valence-corrected chi connectivity index (χ3v) is 9.60. The molecule has 0 aliphatic heterocycles. The highest BCUT2D eigenvalue weighted by Gasteiger charge is 2.67. The first-order chi connectivity index (χ1) is 13.6. The van der Waals surface area contributed by atoms with Gasteiger partial charge < -0.3 is 4.74 Å². The largest absolute Gasteiger partial charge is 0.451 e. The summed E-state index contributed by atoms with van der Waals surface area (Å²) in [5.41, 5.74) is 0.210. The highest BCUT2D eigenvalue weighted by atomic mass is 16.6. The van der Waals surface area contributed by atoms with Crippen LogP contribution in [0.5, 0.6) is 0 Å². The van der Waals surface area contributed by atoms with Crippen LogP contribution in [0.2, 0.25) is 0 Å². The van der Waals surface area contributed by atoms with Crippen LogP contribution in [0.1, 0.15) is 86.0 Å². The quantitative estimate of drug-likeness (QED) is 0.622. The molecular formula is C25H36O4. The van der Waals surface area contributed by atoms with Crippen LogP contribution in [0.15, 0.2) is 11.6 Å². The number of ketones is 2. The molecule has 3 fully saturated rings. The number of ether oxygens (including phenoxy) is 1. The molecule has 3 saturated carbocycles. The maximum atomic E-state index is 12.8. The summed E-state index contributed by atoms with van der Waals surface area (Å²) >= 11 is 0. The first-order valence-corrected chi connectivity index (χ1v) is 11.5. The van der Waals surface area contributed by atoms with Gasteiger partial charge in [-0.3, -0.25) is 14.4 Å². The molecule has 4 nitrogen and oxygen atoms in total. The Balaban J connectivity index is 1.74. The molecule has 0 unspecified atom stereocenters. The number of esters is 1. The summed E-state index contributed by atoms with van der Waals surface area (Å²) in [5.74, 6) is 1.98. The van der Waals surface area contributed by atoms with E-state index in [4.69, 9.17) is 4.74 Å². The van der Waals surface area contributed by atoms with Crippen molar-refractivity contribution in [3.05, 3.63) is 11.6 Å². The van der Waals surface area contributed by atoms with Gasteiger partial charge in [-0.05, 0) is 87.0 Å². The van der Waals surface area contributed by atoms with Gasteiger partial charge >= 0.3 is 5.97 Å². The lowest BCUT2D eigenvalue weighted by Crippen LogP contribution is -2.58. The molecule has 0 radical (unpaired) electrons. The number of fused-ring (bicyclic) bond motifs is 5. The third kappa shape index (κ3) is 2.80. The summed E-state index contributed by atoms with van der Waals surface area (Å²) in [7, 11) is 0. The van der Waals surface area contributed by atoms with Crippen LogP contribution in [-0.2, 0) is 19.1 Å². The zero-order valence-electron chi connectivity index (χ0n) is 18.7. The molecule has 7 atom stereocenters. The van der Waals surface area contributed by atoms with Crippen molar-refractivity contribution in [2.24, 2.45) is 34.5 Å². The number of Topliss-reactive ketones (excluding diaryl/α,β-unsaturated/α-hetero) is 1. The van der Waals surface area contributed by atoms with Crippen LogP contribution < -0.4 is 0 Å². The predicted molar refractivity (Wildman–Crippen MR) is 111 cm³/mol. The third-order valence-electron chi connectivity index (χ3n) is 9.60. The minimum Gasteiger partial charge on any atom is -0.451 e. The Bertz CT molecular complexity index is 782. The van der Waals surface area contributed by atoms with Crippen molar-refractivity contribution in [3.63, 3.8) is 0 Å². The maximum Gasteiger partial charge on any atom is 0.303 e. The van der Waals surface area contributed by atoms with E-state index in [1.807, 2.05) is 6.08 Å². The Hall–Kier alpha value is -1.45. The number of rotatable bonds is 3. The summed E-state index contributed by atoms with van der Waals surface area (Å²) in [6.07, 6.45) is 9.34. The van der Waals surface area contributed by atoms with Crippen molar-refractivity contribution in [2.45, 2.75) is 91.6 Å². The lowest BCUT2D eigenvalue weighted by molar-refractivity contribution is -0.187. The van der Waals surface area contributed by atoms with Gasteiger partial charge in [-0.2, -0.15) is 0 Å². The SMILES string of the molecule is CC[C@]1(C)C[C@@H]2[C@H](CC[C@@]3(C)[C@H]2CC[C@]3(OC(C)=O)C(C)=O)[C@H]2CCC(=O)C=C21. The van der Waals surface area contributed by atoms with Crippen molar-refractivity contribution < 1.29 is 19.1 Å². The van der Waals surface area contributed by atoms with Gasteiger partial charge in [0.25, 0.3) is 0 Å². The molecular weight excluding hydrogens is 364 g/mol. The van der Waals surface area contributed by atoms with E-state index in [1.165, 1.54) is 12.5 Å². The number of allylic oxidation sites excluding steroid dienone is 1. The lowest BCUT2D eigenvalue weighted by atomic mass is 9.46. The van der Waals surface area contributed by atoms with E-state index >= 15 is 0 Å². The number of hydrogen-bond donors (Lipinski definition) is 0. The van der Waals surface area contributed by atoms with E-state index < -0.39 is 5.60 Å². The second-order valence-corrected chi connectivity index (χ2v) is 10.7. The molecule has 0 amide bonds. The van der Waals surface area contributed by atoms with Gasteiger partial charge in [-0.25, -0.2) is 0 Å². The average molecular weight is 401 g/mol. The second kappa shape index (κ2) is 6.78. The van der Waals surface area contributed by atoms with Crippen LogP contribution in [0.4, 0.5) is 0 Å². The van der Waals surface area contributed by atoms with Gasteiger partial charge in [0.1, 0.15) is 0 Å². The molecule has 4 aliphatic rings. The average Bonchev–Trinajstić information content (AvgIpc) is 2.95. The molecule has 4 aliphatic carbocycles. The summed E-state index contributed by atoms with van der Waals surface area (Å²) in [5, 5.41) is 0.